The molecule has 21 heavy (non-hydrogen) atoms. The lowest BCUT2D eigenvalue weighted by molar-refractivity contribution is -0.166. The first-order valence-electron chi connectivity index (χ1n) is 7.94. The van der Waals surface area contributed by atoms with Crippen LogP contribution in [0, 0.1) is 11.8 Å². The maximum absolute atomic E-state index is 12.1. The third-order valence-electron chi connectivity index (χ3n) is 3.69. The standard InChI is InChI=1S/C16H30O5/c1-6-9-10-14(12(5)15(18)20-8-3)21-16(19)11(4)13(17)7-2/h11-14,17H,6-10H2,1-5H3. The normalized spacial score (nSPS) is 16.7. The maximum atomic E-state index is 12.1. The number of unbranched alkanes of at least 4 members (excludes halogenated alkanes) is 1. The third-order valence-corrected chi connectivity index (χ3v) is 3.69. The Hall–Kier alpha value is -1.10. The van der Waals surface area contributed by atoms with Crippen LogP contribution in [0.3, 0.4) is 0 Å². The molecule has 0 saturated carbocycles. The summed E-state index contributed by atoms with van der Waals surface area (Å²) in [5.41, 5.74) is 0. The van der Waals surface area contributed by atoms with Gasteiger partial charge >= 0.3 is 11.9 Å². The lowest BCUT2D eigenvalue weighted by Crippen LogP contribution is -2.36. The molecule has 0 aromatic rings. The Morgan fingerprint density at radius 1 is 1.05 bits per heavy atom. The summed E-state index contributed by atoms with van der Waals surface area (Å²) in [6.07, 6.45) is 1.72. The van der Waals surface area contributed by atoms with Crippen molar-refractivity contribution < 1.29 is 24.2 Å². The van der Waals surface area contributed by atoms with E-state index in [1.54, 1.807) is 20.8 Å². The van der Waals surface area contributed by atoms with E-state index in [4.69, 9.17) is 9.47 Å². The van der Waals surface area contributed by atoms with Crippen molar-refractivity contribution in [3.63, 3.8) is 0 Å². The number of carbonyl (C=O) groups is 2. The van der Waals surface area contributed by atoms with Crippen molar-refractivity contribution >= 4 is 11.9 Å². The summed E-state index contributed by atoms with van der Waals surface area (Å²) < 4.78 is 10.5. The van der Waals surface area contributed by atoms with Crippen LogP contribution in [-0.2, 0) is 19.1 Å². The molecule has 0 aliphatic rings. The van der Waals surface area contributed by atoms with E-state index in [9.17, 15) is 14.7 Å². The van der Waals surface area contributed by atoms with Crippen LogP contribution in [0.25, 0.3) is 0 Å². The molecule has 0 radical (unpaired) electrons. The molecule has 0 fully saturated rings. The fourth-order valence-electron chi connectivity index (χ4n) is 2.01. The molecule has 1 N–H and O–H groups in total. The van der Waals surface area contributed by atoms with Gasteiger partial charge in [0.25, 0.3) is 0 Å². The number of rotatable bonds is 10. The molecule has 5 nitrogen and oxygen atoms in total. The molecule has 0 aromatic carbocycles. The van der Waals surface area contributed by atoms with Crippen molar-refractivity contribution in [3.05, 3.63) is 0 Å². The zero-order valence-corrected chi connectivity index (χ0v) is 13.9. The second-order valence-corrected chi connectivity index (χ2v) is 5.42. The van der Waals surface area contributed by atoms with E-state index < -0.39 is 30.0 Å². The highest BCUT2D eigenvalue weighted by atomic mass is 16.6. The van der Waals surface area contributed by atoms with Gasteiger partial charge in [-0.15, -0.1) is 0 Å². The molecule has 0 saturated heterocycles. The quantitative estimate of drug-likeness (QED) is 0.628. The van der Waals surface area contributed by atoms with Gasteiger partial charge in [0, 0.05) is 0 Å². The molecule has 4 atom stereocenters. The van der Waals surface area contributed by atoms with Gasteiger partial charge in [0.05, 0.1) is 24.5 Å². The predicted octanol–water partition coefficient (Wildman–Crippen LogP) is 2.69. The van der Waals surface area contributed by atoms with E-state index in [-0.39, 0.29) is 5.97 Å². The summed E-state index contributed by atoms with van der Waals surface area (Å²) in [5, 5.41) is 9.73. The van der Waals surface area contributed by atoms with E-state index in [0.29, 0.717) is 19.4 Å². The van der Waals surface area contributed by atoms with E-state index in [1.165, 1.54) is 0 Å². The van der Waals surface area contributed by atoms with Crippen molar-refractivity contribution in [2.24, 2.45) is 11.8 Å². The molecule has 4 unspecified atom stereocenters. The summed E-state index contributed by atoms with van der Waals surface area (Å²) in [7, 11) is 0. The Labute approximate surface area is 128 Å². The molecular weight excluding hydrogens is 272 g/mol. The van der Waals surface area contributed by atoms with Gasteiger partial charge < -0.3 is 14.6 Å². The summed E-state index contributed by atoms with van der Waals surface area (Å²) in [5.74, 6) is -1.89. The molecule has 124 valence electrons. The number of esters is 2. The van der Waals surface area contributed by atoms with Crippen LogP contribution in [0.2, 0.25) is 0 Å². The first-order chi connectivity index (χ1) is 9.88. The van der Waals surface area contributed by atoms with Gasteiger partial charge in [0.15, 0.2) is 0 Å². The highest BCUT2D eigenvalue weighted by Crippen LogP contribution is 2.19. The number of aliphatic hydroxyl groups is 1. The number of ether oxygens (including phenoxy) is 2. The zero-order valence-electron chi connectivity index (χ0n) is 13.9. The molecule has 0 rings (SSSR count). The number of aliphatic hydroxyl groups excluding tert-OH is 1. The van der Waals surface area contributed by atoms with Crippen LogP contribution >= 0.6 is 0 Å². The molecule has 5 heteroatoms. The summed E-state index contributed by atoms with van der Waals surface area (Å²) in [4.78, 5) is 23.9. The number of hydrogen-bond acceptors (Lipinski definition) is 5. The monoisotopic (exact) mass is 302 g/mol. The average Bonchev–Trinajstić information content (AvgIpc) is 2.48. The van der Waals surface area contributed by atoms with Crippen molar-refractivity contribution in [2.75, 3.05) is 6.61 Å². The topological polar surface area (TPSA) is 72.8 Å². The van der Waals surface area contributed by atoms with Crippen LogP contribution in [0.15, 0.2) is 0 Å². The highest BCUT2D eigenvalue weighted by molar-refractivity contribution is 5.75. The van der Waals surface area contributed by atoms with Crippen molar-refractivity contribution in [1.29, 1.82) is 0 Å². The molecule has 0 aliphatic carbocycles. The van der Waals surface area contributed by atoms with Gasteiger partial charge in [0.2, 0.25) is 0 Å². The van der Waals surface area contributed by atoms with Crippen LogP contribution < -0.4 is 0 Å². The minimum atomic E-state index is -0.720. The Kier molecular flexibility index (Phi) is 10.0. The number of hydrogen-bond donors (Lipinski definition) is 1. The van der Waals surface area contributed by atoms with Crippen LogP contribution in [0.1, 0.15) is 60.3 Å². The Balaban J connectivity index is 4.75. The van der Waals surface area contributed by atoms with Crippen LogP contribution in [0.4, 0.5) is 0 Å². The van der Waals surface area contributed by atoms with Gasteiger partial charge in [-0.25, -0.2) is 0 Å². The van der Waals surface area contributed by atoms with E-state index in [0.717, 1.165) is 12.8 Å². The van der Waals surface area contributed by atoms with Crippen molar-refractivity contribution in [2.45, 2.75) is 72.5 Å². The molecule has 0 aromatic heterocycles. The second-order valence-electron chi connectivity index (χ2n) is 5.42. The minimum absolute atomic E-state index is 0.308. The van der Waals surface area contributed by atoms with Crippen LogP contribution in [-0.4, -0.2) is 35.9 Å². The van der Waals surface area contributed by atoms with Gasteiger partial charge in [-0.1, -0.05) is 26.7 Å². The zero-order chi connectivity index (χ0) is 16.4. The SMILES string of the molecule is CCCCC(OC(=O)C(C)C(O)CC)C(C)C(=O)OCC. The molecule has 0 spiro atoms. The molecule has 0 amide bonds. The lowest BCUT2D eigenvalue weighted by Gasteiger charge is -2.25. The first-order valence-corrected chi connectivity index (χ1v) is 7.94. The Morgan fingerprint density at radius 2 is 1.67 bits per heavy atom. The molecule has 0 bridgehead atoms. The molecule has 0 aliphatic heterocycles. The average molecular weight is 302 g/mol. The van der Waals surface area contributed by atoms with E-state index >= 15 is 0 Å². The van der Waals surface area contributed by atoms with Gasteiger partial charge in [-0.05, 0) is 33.6 Å². The highest BCUT2D eigenvalue weighted by Gasteiger charge is 2.31. The van der Waals surface area contributed by atoms with Crippen molar-refractivity contribution in [1.82, 2.24) is 0 Å². The first kappa shape index (κ1) is 19.9. The van der Waals surface area contributed by atoms with Crippen molar-refractivity contribution in [3.8, 4) is 0 Å². The fourth-order valence-corrected chi connectivity index (χ4v) is 2.01. The smallest absolute Gasteiger partial charge is 0.312 e. The maximum Gasteiger partial charge on any atom is 0.312 e. The third kappa shape index (κ3) is 6.93. The van der Waals surface area contributed by atoms with Crippen LogP contribution in [0.5, 0.6) is 0 Å². The lowest BCUT2D eigenvalue weighted by atomic mass is 9.98. The van der Waals surface area contributed by atoms with Gasteiger partial charge in [0.1, 0.15) is 6.10 Å². The largest absolute Gasteiger partial charge is 0.466 e. The second kappa shape index (κ2) is 10.6. The van der Waals surface area contributed by atoms with E-state index in [2.05, 4.69) is 0 Å². The molecule has 0 heterocycles. The minimum Gasteiger partial charge on any atom is -0.466 e. The predicted molar refractivity (Wildman–Crippen MR) is 80.7 cm³/mol. The summed E-state index contributed by atoms with van der Waals surface area (Å²) in [6.45, 7) is 9.26. The fraction of sp³-hybridized carbons (Fsp3) is 0.875. The number of carbonyl (C=O) groups excluding carboxylic acids is 2. The van der Waals surface area contributed by atoms with Gasteiger partial charge in [-0.3, -0.25) is 9.59 Å². The van der Waals surface area contributed by atoms with Gasteiger partial charge in [-0.2, -0.15) is 0 Å². The summed E-state index contributed by atoms with van der Waals surface area (Å²) >= 11 is 0. The van der Waals surface area contributed by atoms with E-state index in [1.807, 2.05) is 13.8 Å². The Morgan fingerprint density at radius 3 is 2.14 bits per heavy atom. The molecular formula is C16H30O5. The summed E-state index contributed by atoms with van der Waals surface area (Å²) in [6, 6.07) is 0. The Bertz CT molecular complexity index is 316.